The number of benzene rings is 5. The first-order chi connectivity index (χ1) is 25.4. The molecule has 0 fully saturated rings. The molecule has 8 heteroatoms. The Morgan fingerprint density at radius 1 is 0.481 bits per heavy atom. The number of amides is 4. The molecular weight excluding hydrogens is 677 g/mol. The summed E-state index contributed by atoms with van der Waals surface area (Å²) in [6.07, 6.45) is 0.886. The van der Waals surface area contributed by atoms with Crippen molar-refractivity contribution in [2.24, 2.45) is 5.41 Å². The van der Waals surface area contributed by atoms with Gasteiger partial charge in [0.05, 0.1) is 27.9 Å². The Bertz CT molecular complexity index is 2340. The highest BCUT2D eigenvalue weighted by Gasteiger charge is 2.42. The molecule has 5 aromatic carbocycles. The van der Waals surface area contributed by atoms with Crippen molar-refractivity contribution in [1.29, 1.82) is 0 Å². The van der Waals surface area contributed by atoms with Crippen LogP contribution in [0.4, 0.5) is 5.69 Å². The van der Waals surface area contributed by atoms with Crippen molar-refractivity contribution in [3.05, 3.63) is 148 Å². The van der Waals surface area contributed by atoms with Crippen molar-refractivity contribution < 1.29 is 28.7 Å². The van der Waals surface area contributed by atoms with Crippen LogP contribution in [0, 0.1) is 5.41 Å². The predicted molar refractivity (Wildman–Crippen MR) is 209 cm³/mol. The van der Waals surface area contributed by atoms with Gasteiger partial charge in [0.1, 0.15) is 23.0 Å². The summed E-state index contributed by atoms with van der Waals surface area (Å²) < 4.78 is 12.5. The minimum absolute atomic E-state index is 0.122. The van der Waals surface area contributed by atoms with Gasteiger partial charge in [0.2, 0.25) is 0 Å². The lowest BCUT2D eigenvalue weighted by molar-refractivity contribution is 0.0507. The van der Waals surface area contributed by atoms with E-state index in [0.29, 0.717) is 50.9 Å². The summed E-state index contributed by atoms with van der Waals surface area (Å²) in [7, 11) is 0. The molecule has 0 spiro atoms. The normalized spacial score (nSPS) is 14.4. The van der Waals surface area contributed by atoms with Crippen LogP contribution in [0.3, 0.4) is 0 Å². The van der Waals surface area contributed by atoms with E-state index in [1.165, 1.54) is 9.80 Å². The van der Waals surface area contributed by atoms with Crippen molar-refractivity contribution in [2.75, 3.05) is 4.90 Å². The Labute approximate surface area is 316 Å². The largest absolute Gasteiger partial charge is 0.457 e. The third-order valence-corrected chi connectivity index (χ3v) is 9.90. The molecule has 0 N–H and O–H groups in total. The summed E-state index contributed by atoms with van der Waals surface area (Å²) in [5.74, 6) is 0.709. The molecule has 2 aliphatic rings. The predicted octanol–water partition coefficient (Wildman–Crippen LogP) is 10.4. The minimum atomic E-state index is -0.640. The van der Waals surface area contributed by atoms with Crippen LogP contribution >= 0.6 is 0 Å². The molecule has 0 saturated heterocycles. The van der Waals surface area contributed by atoms with E-state index in [2.05, 4.69) is 34.6 Å². The standard InChI is InChI=1S/C46H44N2O6/c1-44(2,3)27-28-15-17-31(18-16-28)47-40(49)36-21-19-34(25-38(36)41(47)50)53-32-13-9-11-29(23-32)46(7,8)30-12-10-14-33(24-30)54-35-20-22-37-39(26-35)43(52)48(42(37)51)45(4,5)6/h9-26H,27H2,1-8H3. The summed E-state index contributed by atoms with van der Waals surface area (Å²) in [5.41, 5.74) is 4.00. The monoisotopic (exact) mass is 720 g/mol. The molecule has 8 nitrogen and oxygen atoms in total. The maximum atomic E-state index is 13.5. The molecule has 0 bridgehead atoms. The van der Waals surface area contributed by atoms with Crippen LogP contribution in [0.25, 0.3) is 0 Å². The van der Waals surface area contributed by atoms with Crippen molar-refractivity contribution in [2.45, 2.75) is 72.8 Å². The number of ether oxygens (including phenoxy) is 2. The maximum absolute atomic E-state index is 13.5. The molecule has 0 saturated carbocycles. The molecule has 0 atom stereocenters. The van der Waals surface area contributed by atoms with E-state index < -0.39 is 11.0 Å². The third-order valence-electron chi connectivity index (χ3n) is 9.90. The number of fused-ring (bicyclic) bond motifs is 2. The van der Waals surface area contributed by atoms with Gasteiger partial charge in [0.15, 0.2) is 0 Å². The summed E-state index contributed by atoms with van der Waals surface area (Å²) in [6, 6.07) is 33.1. The van der Waals surface area contributed by atoms with Gasteiger partial charge in [-0.05, 0) is 122 Å². The average molecular weight is 721 g/mol. The molecule has 54 heavy (non-hydrogen) atoms. The summed E-state index contributed by atoms with van der Waals surface area (Å²) in [5, 5.41) is 0. The van der Waals surface area contributed by atoms with Crippen molar-refractivity contribution in [3.8, 4) is 23.0 Å². The van der Waals surface area contributed by atoms with Crippen LogP contribution in [0.2, 0.25) is 0 Å². The maximum Gasteiger partial charge on any atom is 0.266 e. The second-order valence-electron chi connectivity index (χ2n) is 16.8. The highest BCUT2D eigenvalue weighted by atomic mass is 16.5. The fourth-order valence-corrected chi connectivity index (χ4v) is 7.12. The molecular formula is C46H44N2O6. The summed E-state index contributed by atoms with van der Waals surface area (Å²) in [6.45, 7) is 16.2. The second-order valence-corrected chi connectivity index (χ2v) is 16.8. The number of nitrogens with zero attached hydrogens (tertiary/aromatic N) is 2. The first kappa shape index (κ1) is 36.3. The van der Waals surface area contributed by atoms with Gasteiger partial charge in [-0.15, -0.1) is 0 Å². The van der Waals surface area contributed by atoms with Crippen LogP contribution in [-0.2, 0) is 11.8 Å². The Morgan fingerprint density at radius 3 is 1.43 bits per heavy atom. The van der Waals surface area contributed by atoms with E-state index in [-0.39, 0.29) is 29.0 Å². The molecule has 7 rings (SSSR count). The van der Waals surface area contributed by atoms with E-state index in [9.17, 15) is 19.2 Å². The molecule has 2 aliphatic heterocycles. The number of hydrogen-bond donors (Lipinski definition) is 0. The minimum Gasteiger partial charge on any atom is -0.457 e. The Hall–Kier alpha value is -6.02. The number of carbonyl (C=O) groups excluding carboxylic acids is 4. The lowest BCUT2D eigenvalue weighted by atomic mass is 9.78. The zero-order valence-corrected chi connectivity index (χ0v) is 31.9. The Morgan fingerprint density at radius 2 is 0.926 bits per heavy atom. The van der Waals surface area contributed by atoms with Gasteiger partial charge in [-0.1, -0.05) is 71.0 Å². The average Bonchev–Trinajstić information content (AvgIpc) is 3.51. The molecule has 0 radical (unpaired) electrons. The molecule has 4 amide bonds. The van der Waals surface area contributed by atoms with Crippen molar-refractivity contribution in [3.63, 3.8) is 0 Å². The van der Waals surface area contributed by atoms with Gasteiger partial charge in [0.25, 0.3) is 23.6 Å². The lowest BCUT2D eigenvalue weighted by Crippen LogP contribution is -2.45. The van der Waals surface area contributed by atoms with E-state index in [4.69, 9.17) is 9.47 Å². The van der Waals surface area contributed by atoms with Crippen LogP contribution < -0.4 is 14.4 Å². The van der Waals surface area contributed by atoms with Gasteiger partial charge in [-0.25, -0.2) is 4.90 Å². The molecule has 274 valence electrons. The van der Waals surface area contributed by atoms with Gasteiger partial charge >= 0.3 is 0 Å². The smallest absolute Gasteiger partial charge is 0.266 e. The first-order valence-electron chi connectivity index (χ1n) is 18.1. The van der Waals surface area contributed by atoms with Crippen LogP contribution in [0.1, 0.15) is 114 Å². The van der Waals surface area contributed by atoms with E-state index in [1.807, 2.05) is 93.6 Å². The topological polar surface area (TPSA) is 93.2 Å². The second kappa shape index (κ2) is 13.1. The van der Waals surface area contributed by atoms with Crippen LogP contribution in [-0.4, -0.2) is 34.1 Å². The summed E-state index contributed by atoms with van der Waals surface area (Å²) >= 11 is 0. The van der Waals surface area contributed by atoms with Crippen molar-refractivity contribution in [1.82, 2.24) is 4.90 Å². The van der Waals surface area contributed by atoms with E-state index >= 15 is 0 Å². The summed E-state index contributed by atoms with van der Waals surface area (Å²) in [4.78, 5) is 55.5. The highest BCUT2D eigenvalue weighted by molar-refractivity contribution is 6.34. The van der Waals surface area contributed by atoms with Crippen LogP contribution in [0.5, 0.6) is 23.0 Å². The Balaban J connectivity index is 1.07. The zero-order chi connectivity index (χ0) is 38.7. The van der Waals surface area contributed by atoms with Gasteiger partial charge in [-0.2, -0.15) is 0 Å². The molecule has 2 heterocycles. The van der Waals surface area contributed by atoms with E-state index in [0.717, 1.165) is 23.1 Å². The van der Waals surface area contributed by atoms with E-state index in [1.54, 1.807) is 36.4 Å². The number of carbonyl (C=O) groups is 4. The number of rotatable bonds is 8. The van der Waals surface area contributed by atoms with Crippen LogP contribution in [0.15, 0.2) is 109 Å². The molecule has 5 aromatic rings. The van der Waals surface area contributed by atoms with Gasteiger partial charge in [-0.3, -0.25) is 24.1 Å². The molecule has 0 unspecified atom stereocenters. The third kappa shape index (κ3) is 6.80. The van der Waals surface area contributed by atoms with Gasteiger partial charge in [0, 0.05) is 11.0 Å². The fourth-order valence-electron chi connectivity index (χ4n) is 7.12. The first-order valence-corrected chi connectivity index (χ1v) is 18.1. The SMILES string of the molecule is CC(C)(C)Cc1ccc(N2C(=O)c3ccc(Oc4cccc(C(C)(C)c5cccc(Oc6ccc7c(c6)C(=O)N(C(C)(C)C)C7=O)c5)c4)cc3C2=O)cc1. The number of hydrogen-bond acceptors (Lipinski definition) is 6. The van der Waals surface area contributed by atoms with Gasteiger partial charge < -0.3 is 9.47 Å². The Kier molecular flexibility index (Phi) is 8.84. The lowest BCUT2D eigenvalue weighted by Gasteiger charge is -2.29. The molecule has 0 aromatic heterocycles. The number of imide groups is 2. The quantitative estimate of drug-likeness (QED) is 0.148. The number of anilines is 1. The molecule has 0 aliphatic carbocycles. The highest BCUT2D eigenvalue weighted by Crippen LogP contribution is 2.39. The van der Waals surface area contributed by atoms with Crippen molar-refractivity contribution >= 4 is 29.3 Å². The zero-order valence-electron chi connectivity index (χ0n) is 31.9. The fraction of sp³-hybridized carbons (Fsp3) is 0.261.